The normalized spacial score (nSPS) is 10.4. The van der Waals surface area contributed by atoms with Crippen molar-refractivity contribution in [2.24, 2.45) is 0 Å². The molecule has 0 unspecified atom stereocenters. The van der Waals surface area contributed by atoms with E-state index in [-0.39, 0.29) is 0 Å². The first-order valence-corrected chi connectivity index (χ1v) is 8.06. The molecule has 2 aromatic carbocycles. The molecule has 25 heavy (non-hydrogen) atoms. The second kappa shape index (κ2) is 7.46. The second-order valence-electron chi connectivity index (χ2n) is 5.09. The molecule has 3 aromatic rings. The van der Waals surface area contributed by atoms with Crippen LogP contribution in [0.2, 0.25) is 10.0 Å². The third-order valence-electron chi connectivity index (χ3n) is 3.40. The Labute approximate surface area is 155 Å². The number of halogens is 2. The van der Waals surface area contributed by atoms with Gasteiger partial charge in [-0.05, 0) is 30.3 Å². The number of hydrogen-bond donors (Lipinski definition) is 3. The maximum atomic E-state index is 6.18. The van der Waals surface area contributed by atoms with E-state index < -0.39 is 0 Å². The minimum atomic E-state index is 0.348. The highest BCUT2D eigenvalue weighted by Crippen LogP contribution is 2.32. The van der Waals surface area contributed by atoms with Gasteiger partial charge in [-0.3, -0.25) is 0 Å². The Morgan fingerprint density at radius 1 is 1.00 bits per heavy atom. The summed E-state index contributed by atoms with van der Waals surface area (Å²) in [7, 11) is 1.61. The molecule has 6 nitrogen and oxygen atoms in total. The molecule has 0 spiro atoms. The molecule has 8 heteroatoms. The summed E-state index contributed by atoms with van der Waals surface area (Å²) in [5.41, 5.74) is 7.92. The number of ether oxygens (including phenoxy) is 1. The van der Waals surface area contributed by atoms with Crippen molar-refractivity contribution in [2.75, 3.05) is 23.5 Å². The highest BCUT2D eigenvalue weighted by atomic mass is 35.5. The Hall–Kier alpha value is -2.70. The average molecular weight is 376 g/mol. The van der Waals surface area contributed by atoms with Crippen LogP contribution in [0.25, 0.3) is 0 Å². The SMILES string of the molecule is COc1cccc(Nc2ncnc(Nc3cc(Cl)ccc3Cl)c2N)c1. The van der Waals surface area contributed by atoms with Crippen LogP contribution in [-0.2, 0) is 0 Å². The zero-order valence-corrected chi connectivity index (χ0v) is 14.8. The van der Waals surface area contributed by atoms with Crippen molar-refractivity contribution in [1.82, 2.24) is 9.97 Å². The second-order valence-corrected chi connectivity index (χ2v) is 5.93. The Morgan fingerprint density at radius 3 is 2.52 bits per heavy atom. The van der Waals surface area contributed by atoms with E-state index in [1.807, 2.05) is 24.3 Å². The van der Waals surface area contributed by atoms with Crippen molar-refractivity contribution in [3.8, 4) is 5.75 Å². The molecule has 0 atom stereocenters. The largest absolute Gasteiger partial charge is 0.497 e. The van der Waals surface area contributed by atoms with Gasteiger partial charge < -0.3 is 21.1 Å². The molecule has 128 valence electrons. The van der Waals surface area contributed by atoms with Crippen LogP contribution >= 0.6 is 23.2 Å². The molecule has 0 bridgehead atoms. The number of aromatic nitrogens is 2. The molecule has 0 saturated carbocycles. The molecule has 0 amide bonds. The molecule has 4 N–H and O–H groups in total. The standard InChI is InChI=1S/C17H15Cl2N5O/c1-25-12-4-2-3-11(8-12)23-16-15(20)17(22-9-21-16)24-14-7-10(18)5-6-13(14)19/h2-9H,20H2,1H3,(H2,21,22,23,24). The van der Waals surface area contributed by atoms with Crippen molar-refractivity contribution in [1.29, 1.82) is 0 Å². The number of nitrogen functional groups attached to an aromatic ring is 1. The molecule has 0 fully saturated rings. The van der Waals surface area contributed by atoms with E-state index in [1.165, 1.54) is 6.33 Å². The minimum Gasteiger partial charge on any atom is -0.497 e. The third-order valence-corrected chi connectivity index (χ3v) is 3.96. The van der Waals surface area contributed by atoms with Crippen LogP contribution in [0.15, 0.2) is 48.8 Å². The molecule has 0 saturated heterocycles. The number of nitrogens with two attached hydrogens (primary N) is 1. The van der Waals surface area contributed by atoms with Gasteiger partial charge in [-0.2, -0.15) is 0 Å². The molecule has 0 aliphatic carbocycles. The summed E-state index contributed by atoms with van der Waals surface area (Å²) in [6.45, 7) is 0. The van der Waals surface area contributed by atoms with Crippen LogP contribution < -0.4 is 21.1 Å². The zero-order valence-electron chi connectivity index (χ0n) is 13.3. The van der Waals surface area contributed by atoms with Gasteiger partial charge in [-0.1, -0.05) is 29.3 Å². The molecule has 1 heterocycles. The van der Waals surface area contributed by atoms with Gasteiger partial charge in [0.2, 0.25) is 0 Å². The number of hydrogen-bond acceptors (Lipinski definition) is 6. The van der Waals surface area contributed by atoms with E-state index in [4.69, 9.17) is 33.7 Å². The fraction of sp³-hybridized carbons (Fsp3) is 0.0588. The van der Waals surface area contributed by atoms with Crippen LogP contribution in [0.5, 0.6) is 5.75 Å². The van der Waals surface area contributed by atoms with Crippen molar-refractivity contribution in [3.63, 3.8) is 0 Å². The van der Waals surface area contributed by atoms with E-state index >= 15 is 0 Å². The number of nitrogens with one attached hydrogen (secondary N) is 2. The molecule has 0 radical (unpaired) electrons. The maximum absolute atomic E-state index is 6.18. The number of benzene rings is 2. The predicted octanol–water partition coefficient (Wildman–Crippen LogP) is 4.86. The third kappa shape index (κ3) is 4.04. The molecular weight excluding hydrogens is 361 g/mol. The lowest BCUT2D eigenvalue weighted by Crippen LogP contribution is -2.05. The summed E-state index contributed by atoms with van der Waals surface area (Å²) in [5, 5.41) is 7.27. The van der Waals surface area contributed by atoms with E-state index in [0.717, 1.165) is 11.4 Å². The maximum Gasteiger partial charge on any atom is 0.159 e. The first-order valence-electron chi connectivity index (χ1n) is 7.30. The minimum absolute atomic E-state index is 0.348. The number of rotatable bonds is 5. The first-order chi connectivity index (χ1) is 12.1. The lowest BCUT2D eigenvalue weighted by molar-refractivity contribution is 0.415. The topological polar surface area (TPSA) is 85.1 Å². The summed E-state index contributed by atoms with van der Waals surface area (Å²) >= 11 is 12.2. The average Bonchev–Trinajstić information content (AvgIpc) is 2.61. The fourth-order valence-electron chi connectivity index (χ4n) is 2.15. The summed E-state index contributed by atoms with van der Waals surface area (Å²) in [6, 6.07) is 12.5. The predicted molar refractivity (Wildman–Crippen MR) is 102 cm³/mol. The Bertz CT molecular complexity index is 904. The zero-order chi connectivity index (χ0) is 17.8. The van der Waals surface area contributed by atoms with Crippen LogP contribution in [0.4, 0.5) is 28.7 Å². The van der Waals surface area contributed by atoms with Crippen LogP contribution in [0.3, 0.4) is 0 Å². The van der Waals surface area contributed by atoms with Gasteiger partial charge in [-0.15, -0.1) is 0 Å². The molecular formula is C17H15Cl2N5O. The van der Waals surface area contributed by atoms with E-state index in [0.29, 0.717) is 33.1 Å². The number of anilines is 5. The van der Waals surface area contributed by atoms with E-state index in [2.05, 4.69) is 20.6 Å². The Morgan fingerprint density at radius 2 is 1.76 bits per heavy atom. The van der Waals surface area contributed by atoms with Gasteiger partial charge in [0.15, 0.2) is 11.6 Å². The summed E-state index contributed by atoms with van der Waals surface area (Å²) in [4.78, 5) is 8.35. The van der Waals surface area contributed by atoms with E-state index in [1.54, 1.807) is 25.3 Å². The van der Waals surface area contributed by atoms with Crippen molar-refractivity contribution >= 4 is 51.9 Å². The van der Waals surface area contributed by atoms with Gasteiger partial charge in [0, 0.05) is 16.8 Å². The van der Waals surface area contributed by atoms with Gasteiger partial charge >= 0.3 is 0 Å². The van der Waals surface area contributed by atoms with Crippen molar-refractivity contribution < 1.29 is 4.74 Å². The molecule has 0 aliphatic rings. The van der Waals surface area contributed by atoms with Gasteiger partial charge in [-0.25, -0.2) is 9.97 Å². The van der Waals surface area contributed by atoms with E-state index in [9.17, 15) is 0 Å². The van der Waals surface area contributed by atoms with Gasteiger partial charge in [0.05, 0.1) is 17.8 Å². The number of methoxy groups -OCH3 is 1. The quantitative estimate of drug-likeness (QED) is 0.590. The Balaban J connectivity index is 1.88. The summed E-state index contributed by atoms with van der Waals surface area (Å²) in [5.74, 6) is 1.61. The first kappa shape index (κ1) is 17.1. The fourth-order valence-corrected chi connectivity index (χ4v) is 2.49. The lowest BCUT2D eigenvalue weighted by Gasteiger charge is -2.14. The van der Waals surface area contributed by atoms with Crippen molar-refractivity contribution in [3.05, 3.63) is 58.8 Å². The highest BCUT2D eigenvalue weighted by molar-refractivity contribution is 6.35. The highest BCUT2D eigenvalue weighted by Gasteiger charge is 2.11. The van der Waals surface area contributed by atoms with Crippen LogP contribution in [-0.4, -0.2) is 17.1 Å². The molecule has 3 rings (SSSR count). The summed E-state index contributed by atoms with van der Waals surface area (Å²) < 4.78 is 5.21. The smallest absolute Gasteiger partial charge is 0.159 e. The van der Waals surface area contributed by atoms with Crippen LogP contribution in [0, 0.1) is 0 Å². The van der Waals surface area contributed by atoms with Gasteiger partial charge in [0.1, 0.15) is 17.8 Å². The monoisotopic (exact) mass is 375 g/mol. The molecule has 1 aromatic heterocycles. The molecule has 0 aliphatic heterocycles. The van der Waals surface area contributed by atoms with Crippen LogP contribution in [0.1, 0.15) is 0 Å². The van der Waals surface area contributed by atoms with Gasteiger partial charge in [0.25, 0.3) is 0 Å². The Kier molecular flexibility index (Phi) is 5.11. The lowest BCUT2D eigenvalue weighted by atomic mass is 10.3. The summed E-state index contributed by atoms with van der Waals surface area (Å²) in [6.07, 6.45) is 1.40. The van der Waals surface area contributed by atoms with Crippen molar-refractivity contribution in [2.45, 2.75) is 0 Å². The number of nitrogens with zero attached hydrogens (tertiary/aromatic N) is 2.